The molecular weight excluding hydrogens is 358 g/mol. The van der Waals surface area contributed by atoms with E-state index in [4.69, 9.17) is 4.74 Å². The Morgan fingerprint density at radius 2 is 1.82 bits per heavy atom. The number of rotatable bonds is 7. The Kier molecular flexibility index (Phi) is 6.11. The summed E-state index contributed by atoms with van der Waals surface area (Å²) in [6.45, 7) is 3.05. The van der Waals surface area contributed by atoms with E-state index in [9.17, 15) is 9.59 Å². The number of aromatic nitrogens is 3. The van der Waals surface area contributed by atoms with Gasteiger partial charge in [0.05, 0.1) is 13.2 Å². The van der Waals surface area contributed by atoms with Crippen molar-refractivity contribution in [1.29, 1.82) is 0 Å². The highest BCUT2D eigenvalue weighted by molar-refractivity contribution is 5.89. The highest BCUT2D eigenvalue weighted by atomic mass is 16.5. The van der Waals surface area contributed by atoms with Crippen molar-refractivity contribution >= 4 is 11.7 Å². The van der Waals surface area contributed by atoms with Crippen LogP contribution < -0.4 is 21.1 Å². The van der Waals surface area contributed by atoms with E-state index >= 15 is 0 Å². The van der Waals surface area contributed by atoms with Gasteiger partial charge in [0.15, 0.2) is 5.82 Å². The van der Waals surface area contributed by atoms with Crippen molar-refractivity contribution in [1.82, 2.24) is 19.7 Å². The van der Waals surface area contributed by atoms with E-state index < -0.39 is 0 Å². The number of carbonyl (C=O) groups is 1. The fourth-order valence-corrected chi connectivity index (χ4v) is 2.72. The molecule has 0 aliphatic rings. The summed E-state index contributed by atoms with van der Waals surface area (Å²) in [5.41, 5.74) is 1.29. The van der Waals surface area contributed by atoms with Gasteiger partial charge in [0.2, 0.25) is 0 Å². The van der Waals surface area contributed by atoms with Gasteiger partial charge in [0, 0.05) is 24.8 Å². The quantitative estimate of drug-likeness (QED) is 0.658. The van der Waals surface area contributed by atoms with E-state index in [1.165, 1.54) is 9.25 Å². The first-order chi connectivity index (χ1) is 13.6. The predicted molar refractivity (Wildman–Crippen MR) is 108 cm³/mol. The minimum absolute atomic E-state index is 0.229. The number of hydrogen-bond donors (Lipinski definition) is 2. The third kappa shape index (κ3) is 4.59. The smallest absolute Gasteiger partial charge is 0.345 e. The molecule has 0 saturated heterocycles. The third-order valence-corrected chi connectivity index (χ3v) is 4.11. The largest absolute Gasteiger partial charge is 0.494 e. The number of carbonyl (C=O) groups excluding carboxylic acids is 1. The minimum Gasteiger partial charge on any atom is -0.494 e. The molecule has 146 valence electrons. The van der Waals surface area contributed by atoms with Crippen molar-refractivity contribution in [2.24, 2.45) is 7.05 Å². The fourth-order valence-electron chi connectivity index (χ4n) is 2.72. The van der Waals surface area contributed by atoms with E-state index in [-0.39, 0.29) is 24.8 Å². The van der Waals surface area contributed by atoms with Crippen molar-refractivity contribution in [3.05, 3.63) is 65.1 Å². The van der Waals surface area contributed by atoms with E-state index in [1.54, 1.807) is 31.3 Å². The van der Waals surface area contributed by atoms with Crippen molar-refractivity contribution in [3.63, 3.8) is 0 Å². The Labute approximate surface area is 162 Å². The zero-order valence-electron chi connectivity index (χ0n) is 15.9. The normalized spacial score (nSPS) is 10.5. The number of nitrogens with zero attached hydrogens (tertiary/aromatic N) is 3. The Hall–Kier alpha value is -3.55. The van der Waals surface area contributed by atoms with E-state index in [1.807, 2.05) is 37.3 Å². The average molecular weight is 381 g/mol. The second-order valence-electron chi connectivity index (χ2n) is 6.09. The monoisotopic (exact) mass is 381 g/mol. The Balaban J connectivity index is 1.55. The molecule has 2 aromatic carbocycles. The molecule has 1 aromatic heterocycles. The second-order valence-corrected chi connectivity index (χ2v) is 6.09. The summed E-state index contributed by atoms with van der Waals surface area (Å²) < 4.78 is 8.21. The molecule has 0 spiro atoms. The number of amides is 2. The predicted octanol–water partition coefficient (Wildman–Crippen LogP) is 2.47. The molecule has 0 aliphatic heterocycles. The third-order valence-electron chi connectivity index (χ3n) is 4.11. The molecule has 3 rings (SSSR count). The van der Waals surface area contributed by atoms with Gasteiger partial charge in [-0.3, -0.25) is 4.57 Å². The van der Waals surface area contributed by atoms with E-state index in [0.717, 1.165) is 11.3 Å². The lowest BCUT2D eigenvalue weighted by atomic mass is 10.2. The van der Waals surface area contributed by atoms with Gasteiger partial charge in [0.1, 0.15) is 5.75 Å². The molecule has 8 nitrogen and oxygen atoms in total. The summed E-state index contributed by atoms with van der Waals surface area (Å²) in [6.07, 6.45) is 0. The summed E-state index contributed by atoms with van der Waals surface area (Å²) in [5.74, 6) is 1.33. The summed E-state index contributed by atoms with van der Waals surface area (Å²) in [6, 6.07) is 16.2. The van der Waals surface area contributed by atoms with E-state index in [0.29, 0.717) is 18.1 Å². The minimum atomic E-state index is -0.351. The first-order valence-corrected chi connectivity index (χ1v) is 9.05. The van der Waals surface area contributed by atoms with Crippen molar-refractivity contribution in [3.8, 4) is 17.1 Å². The molecule has 1 heterocycles. The zero-order valence-corrected chi connectivity index (χ0v) is 15.9. The number of ether oxygens (including phenoxy) is 1. The lowest BCUT2D eigenvalue weighted by Gasteiger charge is -2.08. The molecule has 0 saturated carbocycles. The highest BCUT2D eigenvalue weighted by Crippen LogP contribution is 2.15. The molecule has 0 aliphatic carbocycles. The lowest BCUT2D eigenvalue weighted by molar-refractivity contribution is 0.251. The maximum atomic E-state index is 12.3. The van der Waals surface area contributed by atoms with Crippen molar-refractivity contribution < 1.29 is 9.53 Å². The molecule has 0 bridgehead atoms. The second kappa shape index (κ2) is 8.90. The Bertz CT molecular complexity index is 977. The maximum absolute atomic E-state index is 12.3. The summed E-state index contributed by atoms with van der Waals surface area (Å²) >= 11 is 0. The zero-order chi connectivity index (χ0) is 19.9. The number of hydrogen-bond acceptors (Lipinski definition) is 4. The molecule has 3 aromatic rings. The highest BCUT2D eigenvalue weighted by Gasteiger charge is 2.12. The van der Waals surface area contributed by atoms with Gasteiger partial charge in [-0.05, 0) is 31.2 Å². The van der Waals surface area contributed by atoms with Crippen LogP contribution in [0.3, 0.4) is 0 Å². The van der Waals surface area contributed by atoms with Crippen LogP contribution in [0.25, 0.3) is 11.4 Å². The summed E-state index contributed by atoms with van der Waals surface area (Å²) in [4.78, 5) is 24.4. The van der Waals surface area contributed by atoms with Gasteiger partial charge in [-0.15, -0.1) is 5.10 Å². The molecule has 8 heteroatoms. The molecule has 28 heavy (non-hydrogen) atoms. The van der Waals surface area contributed by atoms with Gasteiger partial charge < -0.3 is 15.4 Å². The summed E-state index contributed by atoms with van der Waals surface area (Å²) in [5, 5.41) is 9.83. The van der Waals surface area contributed by atoms with Crippen LogP contribution >= 0.6 is 0 Å². The van der Waals surface area contributed by atoms with Crippen LogP contribution in [-0.4, -0.2) is 33.5 Å². The number of nitrogens with one attached hydrogen (secondary N) is 2. The first-order valence-electron chi connectivity index (χ1n) is 9.05. The molecule has 0 fully saturated rings. The number of anilines is 1. The fraction of sp³-hybridized carbons (Fsp3) is 0.250. The molecule has 2 amide bonds. The van der Waals surface area contributed by atoms with Crippen LogP contribution in [0.1, 0.15) is 6.92 Å². The molecule has 2 N–H and O–H groups in total. The topological polar surface area (TPSA) is 90.2 Å². The van der Waals surface area contributed by atoms with Crippen LogP contribution in [0.15, 0.2) is 59.4 Å². The average Bonchev–Trinajstić information content (AvgIpc) is 2.99. The number of benzene rings is 2. The van der Waals surface area contributed by atoms with Crippen molar-refractivity contribution in [2.45, 2.75) is 13.5 Å². The van der Waals surface area contributed by atoms with Crippen LogP contribution in [0.2, 0.25) is 0 Å². The lowest BCUT2D eigenvalue weighted by Crippen LogP contribution is -2.34. The molecule has 0 radical (unpaired) electrons. The van der Waals surface area contributed by atoms with Gasteiger partial charge >= 0.3 is 11.7 Å². The SMILES string of the molecule is CCOc1ccc(NC(=O)NCCn2nc(-c3ccccc3)n(C)c2=O)cc1. The van der Waals surface area contributed by atoms with Gasteiger partial charge in [0.25, 0.3) is 0 Å². The standard InChI is InChI=1S/C20H23N5O3/c1-3-28-17-11-9-16(10-12-17)22-19(26)21-13-14-25-20(27)24(2)18(23-25)15-7-5-4-6-8-15/h4-12H,3,13-14H2,1-2H3,(H2,21,22,26). The van der Waals surface area contributed by atoms with Gasteiger partial charge in [-0.1, -0.05) is 30.3 Å². The van der Waals surface area contributed by atoms with Crippen molar-refractivity contribution in [2.75, 3.05) is 18.5 Å². The van der Waals surface area contributed by atoms with Gasteiger partial charge in [-0.2, -0.15) is 0 Å². The van der Waals surface area contributed by atoms with E-state index in [2.05, 4.69) is 15.7 Å². The summed E-state index contributed by atoms with van der Waals surface area (Å²) in [7, 11) is 1.68. The molecular formula is C20H23N5O3. The molecule has 0 unspecified atom stereocenters. The Morgan fingerprint density at radius 1 is 1.11 bits per heavy atom. The van der Waals surface area contributed by atoms with Crippen LogP contribution in [0, 0.1) is 0 Å². The first kappa shape index (κ1) is 19.2. The maximum Gasteiger partial charge on any atom is 0.345 e. The van der Waals surface area contributed by atoms with Gasteiger partial charge in [-0.25, -0.2) is 14.3 Å². The molecule has 0 atom stereocenters. The van der Waals surface area contributed by atoms with Crippen LogP contribution in [0.4, 0.5) is 10.5 Å². The van der Waals surface area contributed by atoms with Crippen LogP contribution in [0.5, 0.6) is 5.75 Å². The van der Waals surface area contributed by atoms with Crippen LogP contribution in [-0.2, 0) is 13.6 Å². The number of urea groups is 1. The Morgan fingerprint density at radius 3 is 2.50 bits per heavy atom.